The molecule has 0 heterocycles. The summed E-state index contributed by atoms with van der Waals surface area (Å²) < 4.78 is 25.4. The topological polar surface area (TPSA) is 32.6 Å². The van der Waals surface area contributed by atoms with E-state index in [1.165, 1.54) is 20.0 Å². The number of aliphatic imine (C=N–C) groups is 1. The Labute approximate surface area is 80.9 Å². The summed E-state index contributed by atoms with van der Waals surface area (Å²) in [4.78, 5) is 3.81. The zero-order valence-electron chi connectivity index (χ0n) is 7.96. The highest BCUT2D eigenvalue weighted by molar-refractivity contribution is 6.03. The molecule has 2 nitrogen and oxygen atoms in total. The number of hydrogen-bond acceptors (Lipinski definition) is 2. The van der Waals surface area contributed by atoms with Gasteiger partial charge in [-0.15, -0.1) is 0 Å². The molecule has 0 saturated heterocycles. The van der Waals surface area contributed by atoms with Crippen molar-refractivity contribution in [1.29, 1.82) is 0 Å². The number of halogens is 2. The SMILES string of the molecule is C/N=C(/c1ccc(F)c(F)c1)C(C)O. The van der Waals surface area contributed by atoms with E-state index in [-0.39, 0.29) is 0 Å². The highest BCUT2D eigenvalue weighted by Crippen LogP contribution is 2.11. The molecule has 76 valence electrons. The summed E-state index contributed by atoms with van der Waals surface area (Å²) in [6.07, 6.45) is -0.801. The van der Waals surface area contributed by atoms with Crippen LogP contribution in [0.15, 0.2) is 23.2 Å². The van der Waals surface area contributed by atoms with Crippen LogP contribution in [-0.2, 0) is 0 Å². The summed E-state index contributed by atoms with van der Waals surface area (Å²) in [5.41, 5.74) is 0.727. The lowest BCUT2D eigenvalue weighted by Gasteiger charge is -2.08. The molecule has 0 spiro atoms. The van der Waals surface area contributed by atoms with Gasteiger partial charge >= 0.3 is 0 Å². The van der Waals surface area contributed by atoms with E-state index in [0.29, 0.717) is 11.3 Å². The molecule has 1 N–H and O–H groups in total. The standard InChI is InChI=1S/C10H11F2NO/c1-6(14)10(13-2)7-3-4-8(11)9(12)5-7/h3-6,14H,1-2H3/b13-10+. The number of aliphatic hydroxyl groups excluding tert-OH is 1. The molecule has 1 rings (SSSR count). The minimum absolute atomic E-state index is 0.337. The molecular formula is C10H11F2NO. The van der Waals surface area contributed by atoms with Crippen molar-refractivity contribution in [3.05, 3.63) is 35.4 Å². The Morgan fingerprint density at radius 2 is 2.00 bits per heavy atom. The van der Waals surface area contributed by atoms with E-state index in [0.717, 1.165) is 12.1 Å². The average molecular weight is 199 g/mol. The third-order valence-corrected chi connectivity index (χ3v) is 1.85. The Kier molecular flexibility index (Phi) is 3.30. The maximum atomic E-state index is 12.8. The fourth-order valence-electron chi connectivity index (χ4n) is 1.21. The van der Waals surface area contributed by atoms with Crippen LogP contribution in [0.5, 0.6) is 0 Å². The molecule has 0 bridgehead atoms. The lowest BCUT2D eigenvalue weighted by molar-refractivity contribution is 0.262. The summed E-state index contributed by atoms with van der Waals surface area (Å²) in [7, 11) is 1.49. The molecular weight excluding hydrogens is 188 g/mol. The molecule has 0 radical (unpaired) electrons. The van der Waals surface area contributed by atoms with Crippen LogP contribution < -0.4 is 0 Å². The molecule has 1 aromatic carbocycles. The maximum Gasteiger partial charge on any atom is 0.159 e. The third-order valence-electron chi connectivity index (χ3n) is 1.85. The van der Waals surface area contributed by atoms with E-state index in [1.54, 1.807) is 0 Å². The Hall–Kier alpha value is -1.29. The van der Waals surface area contributed by atoms with E-state index < -0.39 is 17.7 Å². The molecule has 1 unspecified atom stereocenters. The van der Waals surface area contributed by atoms with Crippen molar-refractivity contribution in [1.82, 2.24) is 0 Å². The summed E-state index contributed by atoms with van der Waals surface area (Å²) >= 11 is 0. The first-order valence-electron chi connectivity index (χ1n) is 4.16. The zero-order valence-corrected chi connectivity index (χ0v) is 7.96. The first-order valence-corrected chi connectivity index (χ1v) is 4.16. The second-order valence-corrected chi connectivity index (χ2v) is 2.91. The second kappa shape index (κ2) is 4.28. The van der Waals surface area contributed by atoms with Crippen molar-refractivity contribution in [2.24, 2.45) is 4.99 Å². The van der Waals surface area contributed by atoms with Gasteiger partial charge in [-0.1, -0.05) is 0 Å². The summed E-state index contributed by atoms with van der Waals surface area (Å²) in [6.45, 7) is 1.52. The van der Waals surface area contributed by atoms with E-state index in [4.69, 9.17) is 0 Å². The lowest BCUT2D eigenvalue weighted by atomic mass is 10.1. The van der Waals surface area contributed by atoms with Crippen molar-refractivity contribution >= 4 is 5.71 Å². The van der Waals surface area contributed by atoms with Gasteiger partial charge in [0.15, 0.2) is 11.6 Å². The van der Waals surface area contributed by atoms with Crippen LogP contribution in [-0.4, -0.2) is 24.0 Å². The Morgan fingerprint density at radius 1 is 1.36 bits per heavy atom. The predicted octanol–water partition coefficient (Wildman–Crippen LogP) is 1.76. The van der Waals surface area contributed by atoms with Gasteiger partial charge in [0.1, 0.15) is 0 Å². The van der Waals surface area contributed by atoms with Gasteiger partial charge in [0.2, 0.25) is 0 Å². The predicted molar refractivity (Wildman–Crippen MR) is 50.5 cm³/mol. The van der Waals surface area contributed by atoms with Crippen LogP contribution in [0.25, 0.3) is 0 Å². The highest BCUT2D eigenvalue weighted by Gasteiger charge is 2.11. The van der Waals surface area contributed by atoms with Crippen LogP contribution in [0.2, 0.25) is 0 Å². The van der Waals surface area contributed by atoms with Crippen molar-refractivity contribution in [2.45, 2.75) is 13.0 Å². The van der Waals surface area contributed by atoms with Crippen molar-refractivity contribution in [3.8, 4) is 0 Å². The van der Waals surface area contributed by atoms with E-state index in [2.05, 4.69) is 4.99 Å². The van der Waals surface area contributed by atoms with Gasteiger partial charge in [-0.2, -0.15) is 0 Å². The van der Waals surface area contributed by atoms with Crippen molar-refractivity contribution in [3.63, 3.8) is 0 Å². The molecule has 14 heavy (non-hydrogen) atoms. The fraction of sp³-hybridized carbons (Fsp3) is 0.300. The largest absolute Gasteiger partial charge is 0.387 e. The fourth-order valence-corrected chi connectivity index (χ4v) is 1.21. The molecule has 0 fully saturated rings. The minimum atomic E-state index is -0.940. The Balaban J connectivity index is 3.13. The van der Waals surface area contributed by atoms with Gasteiger partial charge in [-0.3, -0.25) is 4.99 Å². The number of nitrogens with zero attached hydrogens (tertiary/aromatic N) is 1. The molecule has 1 aromatic rings. The van der Waals surface area contributed by atoms with Gasteiger partial charge in [-0.25, -0.2) is 8.78 Å². The number of benzene rings is 1. The maximum absolute atomic E-state index is 12.8. The molecule has 0 aliphatic rings. The number of hydrogen-bond donors (Lipinski definition) is 1. The molecule has 0 saturated carbocycles. The van der Waals surface area contributed by atoms with E-state index in [1.807, 2.05) is 0 Å². The van der Waals surface area contributed by atoms with Gasteiger partial charge in [0.05, 0.1) is 11.8 Å². The second-order valence-electron chi connectivity index (χ2n) is 2.91. The van der Waals surface area contributed by atoms with Gasteiger partial charge < -0.3 is 5.11 Å². The van der Waals surface area contributed by atoms with Crippen LogP contribution in [0.3, 0.4) is 0 Å². The minimum Gasteiger partial charge on any atom is -0.387 e. The smallest absolute Gasteiger partial charge is 0.159 e. The van der Waals surface area contributed by atoms with Gasteiger partial charge in [0, 0.05) is 12.6 Å². The van der Waals surface area contributed by atoms with Crippen LogP contribution in [0.4, 0.5) is 8.78 Å². The van der Waals surface area contributed by atoms with Gasteiger partial charge in [0.25, 0.3) is 0 Å². The van der Waals surface area contributed by atoms with E-state index in [9.17, 15) is 13.9 Å². The first kappa shape index (κ1) is 10.8. The first-order chi connectivity index (χ1) is 6.56. The molecule has 1 atom stereocenters. The Morgan fingerprint density at radius 3 is 2.43 bits per heavy atom. The Bertz CT molecular complexity index is 361. The normalized spacial score (nSPS) is 14.2. The molecule has 4 heteroatoms. The number of aliphatic hydroxyl groups is 1. The van der Waals surface area contributed by atoms with Gasteiger partial charge in [-0.05, 0) is 25.1 Å². The van der Waals surface area contributed by atoms with Crippen molar-refractivity contribution < 1.29 is 13.9 Å². The van der Waals surface area contributed by atoms with Crippen LogP contribution >= 0.6 is 0 Å². The molecule has 0 aliphatic heterocycles. The monoisotopic (exact) mass is 199 g/mol. The summed E-state index contributed by atoms with van der Waals surface area (Å²) in [5.74, 6) is -1.85. The van der Waals surface area contributed by atoms with Crippen LogP contribution in [0, 0.1) is 11.6 Å². The quantitative estimate of drug-likeness (QED) is 0.723. The third kappa shape index (κ3) is 2.14. The molecule has 0 aromatic heterocycles. The summed E-state index contributed by atoms with van der Waals surface area (Å²) in [6, 6.07) is 3.41. The molecule has 0 amide bonds. The van der Waals surface area contributed by atoms with E-state index >= 15 is 0 Å². The average Bonchev–Trinajstić information content (AvgIpc) is 2.11. The lowest BCUT2D eigenvalue weighted by Crippen LogP contribution is -2.17. The molecule has 0 aliphatic carbocycles. The van der Waals surface area contributed by atoms with Crippen LogP contribution in [0.1, 0.15) is 12.5 Å². The van der Waals surface area contributed by atoms with Crippen molar-refractivity contribution in [2.75, 3.05) is 7.05 Å². The highest BCUT2D eigenvalue weighted by atomic mass is 19.2. The summed E-state index contributed by atoms with van der Waals surface area (Å²) in [5, 5.41) is 9.28. The zero-order chi connectivity index (χ0) is 10.7. The number of rotatable bonds is 2.